The highest BCUT2D eigenvalue weighted by Gasteiger charge is 2.33. The molecular formula is C15H14ClNO4S. The van der Waals surface area contributed by atoms with Crippen LogP contribution in [-0.2, 0) is 10.8 Å². The lowest BCUT2D eigenvalue weighted by atomic mass is 10.0. The van der Waals surface area contributed by atoms with Crippen LogP contribution in [0.25, 0.3) is 0 Å². The Kier molecular flexibility index (Phi) is 4.06. The lowest BCUT2D eigenvalue weighted by Gasteiger charge is -2.12. The number of ketones is 1. The van der Waals surface area contributed by atoms with E-state index in [2.05, 4.69) is 5.16 Å². The van der Waals surface area contributed by atoms with Gasteiger partial charge < -0.3 is 9.26 Å². The number of aromatic nitrogens is 1. The molecule has 1 unspecified atom stereocenters. The topological polar surface area (TPSA) is 69.4 Å². The summed E-state index contributed by atoms with van der Waals surface area (Å²) in [6.07, 6.45) is 4.86. The second kappa shape index (κ2) is 5.85. The van der Waals surface area contributed by atoms with E-state index < -0.39 is 10.8 Å². The van der Waals surface area contributed by atoms with Crippen molar-refractivity contribution >= 4 is 28.2 Å². The number of hydrogen-bond donors (Lipinski definition) is 0. The first kappa shape index (κ1) is 15.2. The zero-order valence-corrected chi connectivity index (χ0v) is 13.7. The zero-order valence-electron chi connectivity index (χ0n) is 12.1. The molecule has 0 radical (unpaired) electrons. The van der Waals surface area contributed by atoms with Crippen LogP contribution in [0.3, 0.4) is 0 Å². The van der Waals surface area contributed by atoms with Gasteiger partial charge in [-0.3, -0.25) is 9.00 Å². The summed E-state index contributed by atoms with van der Waals surface area (Å²) in [5.74, 6) is 0.264. The van der Waals surface area contributed by atoms with E-state index in [9.17, 15) is 9.00 Å². The third-order valence-corrected chi connectivity index (χ3v) is 5.01. The van der Waals surface area contributed by atoms with Gasteiger partial charge in [0.05, 0.1) is 44.6 Å². The third kappa shape index (κ3) is 2.57. The van der Waals surface area contributed by atoms with E-state index in [-0.39, 0.29) is 17.5 Å². The number of hydrogen-bond acceptors (Lipinski definition) is 5. The highest BCUT2D eigenvalue weighted by molar-refractivity contribution is 7.84. The number of rotatable bonds is 5. The van der Waals surface area contributed by atoms with Crippen molar-refractivity contribution in [2.45, 2.75) is 23.7 Å². The molecule has 0 bridgehead atoms. The van der Waals surface area contributed by atoms with Gasteiger partial charge in [-0.25, -0.2) is 0 Å². The molecule has 1 aromatic heterocycles. The molecule has 2 aromatic rings. The van der Waals surface area contributed by atoms with Crippen molar-refractivity contribution in [3.8, 4) is 5.75 Å². The summed E-state index contributed by atoms with van der Waals surface area (Å²) in [5, 5.41) is 4.24. The molecule has 0 saturated heterocycles. The van der Waals surface area contributed by atoms with E-state index in [1.807, 2.05) is 0 Å². The minimum atomic E-state index is -1.38. The average molecular weight is 340 g/mol. The predicted octanol–water partition coefficient (Wildman–Crippen LogP) is 3.18. The molecule has 1 aliphatic carbocycles. The van der Waals surface area contributed by atoms with Crippen molar-refractivity contribution in [1.82, 2.24) is 5.16 Å². The Morgan fingerprint density at radius 1 is 1.41 bits per heavy atom. The fraction of sp³-hybridized carbons (Fsp3) is 0.333. The summed E-state index contributed by atoms with van der Waals surface area (Å²) >= 11 is 6.08. The van der Waals surface area contributed by atoms with E-state index in [1.165, 1.54) is 19.6 Å². The fourth-order valence-corrected chi connectivity index (χ4v) is 3.67. The second-order valence-corrected chi connectivity index (χ2v) is 6.85. The third-order valence-electron chi connectivity index (χ3n) is 3.61. The second-order valence-electron chi connectivity index (χ2n) is 5.13. The molecule has 5 nitrogen and oxygen atoms in total. The Labute approximate surface area is 135 Å². The van der Waals surface area contributed by atoms with Crippen molar-refractivity contribution in [1.29, 1.82) is 0 Å². The van der Waals surface area contributed by atoms with Gasteiger partial charge in [0.15, 0.2) is 0 Å². The molecule has 1 saturated carbocycles. The van der Waals surface area contributed by atoms with Gasteiger partial charge in [-0.2, -0.15) is 0 Å². The molecule has 0 amide bonds. The van der Waals surface area contributed by atoms with Crippen LogP contribution < -0.4 is 4.74 Å². The van der Waals surface area contributed by atoms with Crippen LogP contribution in [0.4, 0.5) is 0 Å². The van der Waals surface area contributed by atoms with E-state index >= 15 is 0 Å². The zero-order chi connectivity index (χ0) is 15.9. The maximum Gasteiger partial charge on any atom is 0.201 e. The van der Waals surface area contributed by atoms with Gasteiger partial charge in [0, 0.05) is 12.2 Å². The number of carbonyl (C=O) groups is 1. The van der Waals surface area contributed by atoms with Crippen LogP contribution in [0, 0.1) is 0 Å². The SMILES string of the molecule is COc1c(C(=O)c2conc2C2CC2)ccc(Cl)c1S(C)=O. The first-order valence-electron chi connectivity index (χ1n) is 6.73. The van der Waals surface area contributed by atoms with Crippen LogP contribution in [0.5, 0.6) is 5.75 Å². The van der Waals surface area contributed by atoms with Gasteiger partial charge >= 0.3 is 0 Å². The number of nitrogens with zero attached hydrogens (tertiary/aromatic N) is 1. The number of halogens is 1. The minimum absolute atomic E-state index is 0.237. The molecule has 7 heteroatoms. The summed E-state index contributed by atoms with van der Waals surface area (Å²) in [5.41, 5.74) is 1.42. The van der Waals surface area contributed by atoms with E-state index in [0.29, 0.717) is 26.7 Å². The Hall–Kier alpha value is -1.66. The Morgan fingerprint density at radius 3 is 2.73 bits per heavy atom. The average Bonchev–Trinajstić information content (AvgIpc) is 3.22. The van der Waals surface area contributed by atoms with Gasteiger partial charge in [-0.1, -0.05) is 16.8 Å². The molecule has 1 heterocycles. The smallest absolute Gasteiger partial charge is 0.201 e. The summed E-state index contributed by atoms with van der Waals surface area (Å²) in [7, 11) is 0.0492. The molecule has 3 rings (SSSR count). The largest absolute Gasteiger partial charge is 0.495 e. The summed E-state index contributed by atoms with van der Waals surface area (Å²) < 4.78 is 22.2. The standard InChI is InChI=1S/C15H14ClNO4S/c1-20-14-9(5-6-11(16)15(14)22(2)19)13(18)10-7-21-17-12(10)8-3-4-8/h5-8H,3-4H2,1-2H3. The van der Waals surface area contributed by atoms with E-state index in [0.717, 1.165) is 12.8 Å². The van der Waals surface area contributed by atoms with E-state index in [1.54, 1.807) is 12.1 Å². The molecule has 22 heavy (non-hydrogen) atoms. The molecule has 1 aromatic carbocycles. The molecule has 1 atom stereocenters. The highest BCUT2D eigenvalue weighted by Crippen LogP contribution is 2.42. The van der Waals surface area contributed by atoms with Gasteiger partial charge in [0.2, 0.25) is 5.78 Å². The molecule has 0 aliphatic heterocycles. The maximum atomic E-state index is 12.8. The van der Waals surface area contributed by atoms with Crippen molar-refractivity contribution in [3.05, 3.63) is 40.2 Å². The van der Waals surface area contributed by atoms with Gasteiger partial charge in [-0.05, 0) is 25.0 Å². The van der Waals surface area contributed by atoms with Crippen molar-refractivity contribution in [3.63, 3.8) is 0 Å². The summed E-state index contributed by atoms with van der Waals surface area (Å²) in [6, 6.07) is 3.13. The van der Waals surface area contributed by atoms with Crippen LogP contribution in [-0.4, -0.2) is 28.5 Å². The minimum Gasteiger partial charge on any atom is -0.495 e. The van der Waals surface area contributed by atoms with Crippen LogP contribution in [0.2, 0.25) is 5.02 Å². The lowest BCUT2D eigenvalue weighted by molar-refractivity contribution is 0.103. The van der Waals surface area contributed by atoms with Gasteiger partial charge in [0.1, 0.15) is 12.0 Å². The Bertz CT molecular complexity index is 767. The Balaban J connectivity index is 2.11. The number of benzene rings is 1. The summed E-state index contributed by atoms with van der Waals surface area (Å²) in [4.78, 5) is 13.1. The number of ether oxygens (including phenoxy) is 1. The predicted molar refractivity (Wildman–Crippen MR) is 82.2 cm³/mol. The maximum absolute atomic E-state index is 12.8. The molecule has 1 fully saturated rings. The highest BCUT2D eigenvalue weighted by atomic mass is 35.5. The molecule has 0 N–H and O–H groups in total. The molecule has 0 spiro atoms. The lowest BCUT2D eigenvalue weighted by Crippen LogP contribution is -2.08. The quantitative estimate of drug-likeness (QED) is 0.782. The first-order valence-corrected chi connectivity index (χ1v) is 8.67. The number of carbonyl (C=O) groups excluding carboxylic acids is 1. The van der Waals surface area contributed by atoms with Gasteiger partial charge in [-0.15, -0.1) is 0 Å². The van der Waals surface area contributed by atoms with Crippen LogP contribution >= 0.6 is 11.6 Å². The van der Waals surface area contributed by atoms with Crippen molar-refractivity contribution in [2.75, 3.05) is 13.4 Å². The Morgan fingerprint density at radius 2 is 2.14 bits per heavy atom. The van der Waals surface area contributed by atoms with Crippen LogP contribution in [0.1, 0.15) is 40.4 Å². The monoisotopic (exact) mass is 339 g/mol. The summed E-state index contributed by atoms with van der Waals surface area (Å²) in [6.45, 7) is 0. The molecular weight excluding hydrogens is 326 g/mol. The van der Waals surface area contributed by atoms with Crippen molar-refractivity contribution < 1.29 is 18.3 Å². The first-order chi connectivity index (χ1) is 10.5. The van der Waals surface area contributed by atoms with Crippen molar-refractivity contribution in [2.24, 2.45) is 0 Å². The molecule has 1 aliphatic rings. The fourth-order valence-electron chi connectivity index (χ4n) is 2.40. The van der Waals surface area contributed by atoms with Gasteiger partial charge in [0.25, 0.3) is 0 Å². The van der Waals surface area contributed by atoms with Crippen LogP contribution in [0.15, 0.2) is 27.8 Å². The van der Waals surface area contributed by atoms with E-state index in [4.69, 9.17) is 20.9 Å². The molecule has 116 valence electrons. The number of methoxy groups -OCH3 is 1. The normalized spacial score (nSPS) is 15.6.